The first-order valence-corrected chi connectivity index (χ1v) is 3.38. The highest BCUT2D eigenvalue weighted by molar-refractivity contribution is 6.23. The van der Waals surface area contributed by atoms with Crippen LogP contribution < -0.4 is 10.6 Å². The average Bonchev–Trinajstić information content (AvgIpc) is 2.05. The number of amides is 1. The summed E-state index contributed by atoms with van der Waals surface area (Å²) in [6.07, 6.45) is 0. The first kappa shape index (κ1) is 7.88. The lowest BCUT2D eigenvalue weighted by atomic mass is 10.2. The monoisotopic (exact) mass is 170 g/mol. The van der Waals surface area contributed by atoms with Crippen molar-refractivity contribution in [1.29, 1.82) is 0 Å². The molecule has 1 amide bonds. The Morgan fingerprint density at radius 2 is 1.91 bits per heavy atom. The highest BCUT2D eigenvalue weighted by Gasteiger charge is 1.97. The third-order valence-electron chi connectivity index (χ3n) is 1.28. The highest BCUT2D eigenvalue weighted by atomic mass is 35.5. The number of primary amides is 1. The third-order valence-corrected chi connectivity index (χ3v) is 1.50. The molecule has 0 aliphatic carbocycles. The Hall–Kier alpha value is -1.22. The Bertz CT molecular complexity index is 258. The minimum Gasteiger partial charge on any atom is -0.366 e. The van der Waals surface area contributed by atoms with Gasteiger partial charge in [0, 0.05) is 23.0 Å². The van der Waals surface area contributed by atoms with E-state index in [4.69, 9.17) is 17.5 Å². The number of benzene rings is 1. The van der Waals surface area contributed by atoms with Crippen LogP contribution in [-0.2, 0) is 0 Å². The summed E-state index contributed by atoms with van der Waals surface area (Å²) in [6.45, 7) is 0. The summed E-state index contributed by atoms with van der Waals surface area (Å²) >= 11 is 5.29. The molecular weight excluding hydrogens is 164 g/mol. The average molecular weight is 171 g/mol. The van der Waals surface area contributed by atoms with Crippen molar-refractivity contribution in [2.24, 2.45) is 5.73 Å². The molecule has 0 radical (unpaired) electrons. The molecule has 0 aliphatic heterocycles. The van der Waals surface area contributed by atoms with Crippen molar-refractivity contribution in [2.75, 3.05) is 4.84 Å². The molecule has 0 saturated heterocycles. The number of nitrogens with two attached hydrogens (primary N) is 1. The van der Waals surface area contributed by atoms with Crippen LogP contribution in [0.4, 0.5) is 5.69 Å². The predicted molar refractivity (Wildman–Crippen MR) is 44.4 cm³/mol. The molecule has 0 saturated carbocycles. The maximum Gasteiger partial charge on any atom is 0.248 e. The van der Waals surface area contributed by atoms with Gasteiger partial charge in [-0.1, -0.05) is 0 Å². The van der Waals surface area contributed by atoms with Gasteiger partial charge in [-0.3, -0.25) is 9.63 Å². The van der Waals surface area contributed by atoms with Gasteiger partial charge in [-0.2, -0.15) is 0 Å². The van der Waals surface area contributed by atoms with Crippen LogP contribution in [0, 0.1) is 0 Å². The Kier molecular flexibility index (Phi) is 2.33. The lowest BCUT2D eigenvalue weighted by Gasteiger charge is -1.97. The van der Waals surface area contributed by atoms with Gasteiger partial charge in [0.05, 0.1) is 0 Å². The molecular formula is C7H7ClN2O. The topological polar surface area (TPSA) is 55.1 Å². The molecule has 1 aromatic rings. The summed E-state index contributed by atoms with van der Waals surface area (Å²) in [7, 11) is 0. The molecule has 0 aliphatic rings. The van der Waals surface area contributed by atoms with E-state index in [9.17, 15) is 4.79 Å². The molecule has 3 nitrogen and oxygen atoms in total. The van der Waals surface area contributed by atoms with Gasteiger partial charge in [0.25, 0.3) is 0 Å². The van der Waals surface area contributed by atoms with Crippen molar-refractivity contribution in [3.05, 3.63) is 29.8 Å². The van der Waals surface area contributed by atoms with Crippen LogP contribution in [0.1, 0.15) is 10.4 Å². The van der Waals surface area contributed by atoms with Gasteiger partial charge < -0.3 is 5.73 Å². The van der Waals surface area contributed by atoms with Gasteiger partial charge >= 0.3 is 0 Å². The third kappa shape index (κ3) is 1.85. The van der Waals surface area contributed by atoms with E-state index in [0.29, 0.717) is 5.56 Å². The molecule has 0 unspecified atom stereocenters. The van der Waals surface area contributed by atoms with Crippen LogP contribution in [0.15, 0.2) is 24.3 Å². The smallest absolute Gasteiger partial charge is 0.248 e. The number of hydrogen-bond donors (Lipinski definition) is 2. The Morgan fingerprint density at radius 3 is 2.27 bits per heavy atom. The molecule has 4 heteroatoms. The summed E-state index contributed by atoms with van der Waals surface area (Å²) in [6, 6.07) is 6.56. The molecule has 1 aromatic carbocycles. The highest BCUT2D eigenvalue weighted by Crippen LogP contribution is 2.09. The fourth-order valence-electron chi connectivity index (χ4n) is 0.697. The quantitative estimate of drug-likeness (QED) is 0.659. The molecule has 3 N–H and O–H groups in total. The van der Waals surface area contributed by atoms with Crippen LogP contribution in [0.3, 0.4) is 0 Å². The summed E-state index contributed by atoms with van der Waals surface area (Å²) in [5.41, 5.74) is 6.22. The van der Waals surface area contributed by atoms with Crippen molar-refractivity contribution in [3.63, 3.8) is 0 Å². The van der Waals surface area contributed by atoms with E-state index in [-0.39, 0.29) is 0 Å². The molecule has 0 atom stereocenters. The maximum absolute atomic E-state index is 10.6. The number of rotatable bonds is 2. The number of anilines is 1. The lowest BCUT2D eigenvalue weighted by Crippen LogP contribution is -2.10. The van der Waals surface area contributed by atoms with E-state index in [2.05, 4.69) is 4.84 Å². The zero-order chi connectivity index (χ0) is 8.27. The van der Waals surface area contributed by atoms with Gasteiger partial charge in [-0.05, 0) is 24.3 Å². The molecule has 1 rings (SSSR count). The first-order valence-electron chi connectivity index (χ1n) is 3.00. The van der Waals surface area contributed by atoms with E-state index >= 15 is 0 Å². The largest absolute Gasteiger partial charge is 0.366 e. The molecule has 58 valence electrons. The summed E-state index contributed by atoms with van der Waals surface area (Å²) in [5.74, 6) is -0.439. The second kappa shape index (κ2) is 3.25. The Balaban J connectivity index is 2.91. The number of hydrogen-bond acceptors (Lipinski definition) is 2. The van der Waals surface area contributed by atoms with E-state index < -0.39 is 5.91 Å². The minimum atomic E-state index is -0.439. The summed E-state index contributed by atoms with van der Waals surface area (Å²) in [5, 5.41) is 0. The van der Waals surface area contributed by atoms with Crippen molar-refractivity contribution >= 4 is 23.4 Å². The molecule has 11 heavy (non-hydrogen) atoms. The van der Waals surface area contributed by atoms with Crippen LogP contribution in [0.25, 0.3) is 0 Å². The molecule has 0 bridgehead atoms. The van der Waals surface area contributed by atoms with Crippen LogP contribution in [0.5, 0.6) is 0 Å². The second-order valence-electron chi connectivity index (χ2n) is 2.04. The Morgan fingerprint density at radius 1 is 1.36 bits per heavy atom. The van der Waals surface area contributed by atoms with E-state index in [1.807, 2.05) is 0 Å². The first-order chi connectivity index (χ1) is 5.24. The number of halogens is 1. The van der Waals surface area contributed by atoms with Crippen LogP contribution in [0.2, 0.25) is 0 Å². The van der Waals surface area contributed by atoms with E-state index in [0.717, 1.165) is 5.69 Å². The van der Waals surface area contributed by atoms with Gasteiger partial charge in [0.2, 0.25) is 5.91 Å². The van der Waals surface area contributed by atoms with Crippen molar-refractivity contribution in [3.8, 4) is 0 Å². The molecule has 0 fully saturated rings. The number of carbonyl (C=O) groups excluding carboxylic acids is 1. The predicted octanol–water partition coefficient (Wildman–Crippen LogP) is 1.35. The van der Waals surface area contributed by atoms with Crippen molar-refractivity contribution < 1.29 is 4.79 Å². The normalized spacial score (nSPS) is 9.18. The van der Waals surface area contributed by atoms with E-state index in [1.165, 1.54) is 0 Å². The van der Waals surface area contributed by atoms with Crippen LogP contribution >= 0.6 is 11.8 Å². The SMILES string of the molecule is NC(=O)c1ccc(NCl)cc1. The fraction of sp³-hybridized carbons (Fsp3) is 0. The van der Waals surface area contributed by atoms with Crippen molar-refractivity contribution in [2.45, 2.75) is 0 Å². The van der Waals surface area contributed by atoms with Gasteiger partial charge in [-0.25, -0.2) is 0 Å². The summed E-state index contributed by atoms with van der Waals surface area (Å²) in [4.78, 5) is 13.0. The second-order valence-corrected chi connectivity index (χ2v) is 2.23. The molecule has 0 aromatic heterocycles. The van der Waals surface area contributed by atoms with E-state index in [1.54, 1.807) is 24.3 Å². The fourth-order valence-corrected chi connectivity index (χ4v) is 0.823. The lowest BCUT2D eigenvalue weighted by molar-refractivity contribution is 0.100. The van der Waals surface area contributed by atoms with Gasteiger partial charge in [0.15, 0.2) is 0 Å². The Labute approximate surface area is 69.3 Å². The molecule has 0 heterocycles. The molecule has 0 spiro atoms. The number of nitrogens with one attached hydrogen (secondary N) is 1. The van der Waals surface area contributed by atoms with Gasteiger partial charge in [-0.15, -0.1) is 0 Å². The zero-order valence-corrected chi connectivity index (χ0v) is 6.43. The summed E-state index contributed by atoms with van der Waals surface area (Å²) < 4.78 is 0. The standard InChI is InChI=1S/C7H7ClN2O/c8-10-6-3-1-5(2-4-6)7(9)11/h1-4,10H,(H2,9,11). The minimum absolute atomic E-state index is 0.439. The number of carbonyl (C=O) groups is 1. The van der Waals surface area contributed by atoms with Crippen molar-refractivity contribution in [1.82, 2.24) is 0 Å². The zero-order valence-electron chi connectivity index (χ0n) is 5.67. The van der Waals surface area contributed by atoms with Crippen LogP contribution in [-0.4, -0.2) is 5.91 Å². The maximum atomic E-state index is 10.6. The van der Waals surface area contributed by atoms with Gasteiger partial charge in [0.1, 0.15) is 0 Å².